The average Bonchev–Trinajstić information content (AvgIpc) is 2.95. The Bertz CT molecular complexity index is 1040. The minimum Gasteiger partial charge on any atom is -0.497 e. The van der Waals surface area contributed by atoms with Crippen molar-refractivity contribution in [1.29, 1.82) is 0 Å². The molecule has 5 heteroatoms. The highest BCUT2D eigenvalue weighted by atomic mass is 32.2. The standard InChI is InChI=1S/C21H15NO2S2/c1-24-18-10-8-17(9-11-18)22-20(23)19(26-21(22)25)13-14-6-7-15-4-2-3-5-16(15)12-14/h2-13H,1H3/b19-13-. The molecule has 3 nitrogen and oxygen atoms in total. The lowest BCUT2D eigenvalue weighted by Crippen LogP contribution is -2.27. The Kier molecular flexibility index (Phi) is 4.49. The molecule has 0 aliphatic carbocycles. The number of carbonyl (C=O) groups is 1. The quantitative estimate of drug-likeness (QED) is 0.460. The summed E-state index contributed by atoms with van der Waals surface area (Å²) in [6.45, 7) is 0. The SMILES string of the molecule is COc1ccc(N2C(=O)/C(=C/c3ccc4ccccc4c3)SC2=S)cc1. The number of hydrogen-bond donors (Lipinski definition) is 0. The number of carbonyl (C=O) groups excluding carboxylic acids is 1. The summed E-state index contributed by atoms with van der Waals surface area (Å²) in [5, 5.41) is 2.32. The summed E-state index contributed by atoms with van der Waals surface area (Å²) < 4.78 is 5.70. The summed E-state index contributed by atoms with van der Waals surface area (Å²) in [4.78, 5) is 15.0. The van der Waals surface area contributed by atoms with E-state index in [-0.39, 0.29) is 5.91 Å². The molecule has 0 bridgehead atoms. The summed E-state index contributed by atoms with van der Waals surface area (Å²) >= 11 is 6.75. The molecule has 0 saturated carbocycles. The molecule has 128 valence electrons. The van der Waals surface area contributed by atoms with Crippen LogP contribution in [0.15, 0.2) is 71.6 Å². The fraction of sp³-hybridized carbons (Fsp3) is 0.0476. The van der Waals surface area contributed by atoms with E-state index in [1.54, 1.807) is 12.0 Å². The minimum atomic E-state index is -0.0988. The van der Waals surface area contributed by atoms with E-state index in [1.165, 1.54) is 17.1 Å². The molecule has 0 unspecified atom stereocenters. The lowest BCUT2D eigenvalue weighted by atomic mass is 10.1. The number of anilines is 1. The molecule has 26 heavy (non-hydrogen) atoms. The van der Waals surface area contributed by atoms with Gasteiger partial charge in [0.2, 0.25) is 0 Å². The van der Waals surface area contributed by atoms with E-state index in [0.29, 0.717) is 9.23 Å². The summed E-state index contributed by atoms with van der Waals surface area (Å²) in [5.74, 6) is 0.643. The molecule has 1 fully saturated rings. The number of hydrogen-bond acceptors (Lipinski definition) is 4. The maximum Gasteiger partial charge on any atom is 0.270 e. The van der Waals surface area contributed by atoms with E-state index in [0.717, 1.165) is 22.4 Å². The first-order valence-electron chi connectivity index (χ1n) is 8.06. The zero-order chi connectivity index (χ0) is 18.1. The summed E-state index contributed by atoms with van der Waals surface area (Å²) in [7, 11) is 1.61. The number of thiocarbonyl (C=S) groups is 1. The Balaban J connectivity index is 1.65. The summed E-state index contributed by atoms with van der Waals surface area (Å²) in [6, 6.07) is 21.6. The van der Waals surface area contributed by atoms with Crippen molar-refractivity contribution in [2.24, 2.45) is 0 Å². The zero-order valence-corrected chi connectivity index (χ0v) is 15.6. The van der Waals surface area contributed by atoms with Crippen LogP contribution in [-0.2, 0) is 4.79 Å². The van der Waals surface area contributed by atoms with Gasteiger partial charge < -0.3 is 4.74 Å². The molecular weight excluding hydrogens is 362 g/mol. The van der Waals surface area contributed by atoms with Gasteiger partial charge in [0.05, 0.1) is 17.7 Å². The zero-order valence-electron chi connectivity index (χ0n) is 14.0. The van der Waals surface area contributed by atoms with Gasteiger partial charge >= 0.3 is 0 Å². The molecule has 0 atom stereocenters. The van der Waals surface area contributed by atoms with Crippen LogP contribution in [0, 0.1) is 0 Å². The van der Waals surface area contributed by atoms with Crippen molar-refractivity contribution < 1.29 is 9.53 Å². The molecule has 0 N–H and O–H groups in total. The first-order chi connectivity index (χ1) is 12.7. The van der Waals surface area contributed by atoms with Gasteiger partial charge in [-0.05, 0) is 52.7 Å². The molecule has 3 aromatic carbocycles. The van der Waals surface area contributed by atoms with Crippen LogP contribution in [-0.4, -0.2) is 17.3 Å². The molecule has 0 aromatic heterocycles. The first-order valence-corrected chi connectivity index (χ1v) is 9.29. The van der Waals surface area contributed by atoms with E-state index in [9.17, 15) is 4.79 Å². The Morgan fingerprint density at radius 1 is 1.00 bits per heavy atom. The second-order valence-electron chi connectivity index (χ2n) is 5.82. The van der Waals surface area contributed by atoms with Crippen molar-refractivity contribution in [3.05, 3.63) is 77.2 Å². The normalized spacial score (nSPS) is 15.9. The average molecular weight is 377 g/mol. The molecular formula is C21H15NO2S2. The highest BCUT2D eigenvalue weighted by Gasteiger charge is 2.33. The van der Waals surface area contributed by atoms with Crippen molar-refractivity contribution >= 4 is 56.7 Å². The van der Waals surface area contributed by atoms with Crippen LogP contribution in [0.25, 0.3) is 16.8 Å². The number of methoxy groups -OCH3 is 1. The van der Waals surface area contributed by atoms with Gasteiger partial charge in [-0.15, -0.1) is 0 Å². The van der Waals surface area contributed by atoms with Gasteiger partial charge in [0.25, 0.3) is 5.91 Å². The number of benzene rings is 3. The minimum absolute atomic E-state index is 0.0988. The number of thioether (sulfide) groups is 1. The molecule has 1 aliphatic rings. The third-order valence-electron chi connectivity index (χ3n) is 4.20. The van der Waals surface area contributed by atoms with Crippen LogP contribution >= 0.6 is 24.0 Å². The Morgan fingerprint density at radius 2 is 1.73 bits per heavy atom. The van der Waals surface area contributed by atoms with Gasteiger partial charge in [0.15, 0.2) is 4.32 Å². The third kappa shape index (κ3) is 3.11. The van der Waals surface area contributed by atoms with Crippen LogP contribution in [0.1, 0.15) is 5.56 Å². The first kappa shape index (κ1) is 16.8. The number of rotatable bonds is 3. The van der Waals surface area contributed by atoms with Crippen LogP contribution < -0.4 is 9.64 Å². The third-order valence-corrected chi connectivity index (χ3v) is 5.50. The maximum absolute atomic E-state index is 12.9. The van der Waals surface area contributed by atoms with Gasteiger partial charge in [0.1, 0.15) is 5.75 Å². The van der Waals surface area contributed by atoms with Crippen molar-refractivity contribution in [1.82, 2.24) is 0 Å². The number of amides is 1. The lowest BCUT2D eigenvalue weighted by molar-refractivity contribution is -0.113. The van der Waals surface area contributed by atoms with Crippen molar-refractivity contribution in [2.75, 3.05) is 12.0 Å². The molecule has 0 spiro atoms. The monoisotopic (exact) mass is 377 g/mol. The second kappa shape index (κ2) is 6.94. The molecule has 3 aromatic rings. The lowest BCUT2D eigenvalue weighted by Gasteiger charge is -2.14. The number of fused-ring (bicyclic) bond motifs is 1. The highest BCUT2D eigenvalue weighted by molar-refractivity contribution is 8.27. The fourth-order valence-electron chi connectivity index (χ4n) is 2.87. The van der Waals surface area contributed by atoms with Gasteiger partial charge in [0, 0.05) is 0 Å². The van der Waals surface area contributed by atoms with E-state index in [4.69, 9.17) is 17.0 Å². The van der Waals surface area contributed by atoms with Crippen molar-refractivity contribution in [2.45, 2.75) is 0 Å². The van der Waals surface area contributed by atoms with E-state index >= 15 is 0 Å². The molecule has 0 radical (unpaired) electrons. The Labute approximate surface area is 161 Å². The van der Waals surface area contributed by atoms with Crippen LogP contribution in [0.2, 0.25) is 0 Å². The number of ether oxygens (including phenoxy) is 1. The number of nitrogens with zero attached hydrogens (tertiary/aromatic N) is 1. The maximum atomic E-state index is 12.9. The smallest absolute Gasteiger partial charge is 0.270 e. The second-order valence-corrected chi connectivity index (χ2v) is 7.50. The van der Waals surface area contributed by atoms with Crippen LogP contribution in [0.4, 0.5) is 5.69 Å². The molecule has 1 amide bonds. The predicted molar refractivity (Wildman–Crippen MR) is 113 cm³/mol. The Hall–Kier alpha value is -2.63. The molecule has 4 rings (SSSR count). The fourth-order valence-corrected chi connectivity index (χ4v) is 4.17. The molecule has 1 aliphatic heterocycles. The summed E-state index contributed by atoms with van der Waals surface area (Å²) in [6.07, 6.45) is 1.90. The van der Waals surface area contributed by atoms with Crippen molar-refractivity contribution in [3.63, 3.8) is 0 Å². The van der Waals surface area contributed by atoms with Gasteiger partial charge in [-0.2, -0.15) is 0 Å². The molecule has 1 saturated heterocycles. The molecule has 1 heterocycles. The van der Waals surface area contributed by atoms with Gasteiger partial charge in [-0.3, -0.25) is 9.69 Å². The van der Waals surface area contributed by atoms with E-state index in [1.807, 2.05) is 48.5 Å². The Morgan fingerprint density at radius 3 is 2.46 bits per heavy atom. The van der Waals surface area contributed by atoms with Gasteiger partial charge in [-0.1, -0.05) is 60.4 Å². The van der Waals surface area contributed by atoms with Crippen LogP contribution in [0.5, 0.6) is 5.75 Å². The van der Waals surface area contributed by atoms with Crippen molar-refractivity contribution in [3.8, 4) is 5.75 Å². The van der Waals surface area contributed by atoms with Gasteiger partial charge in [-0.25, -0.2) is 0 Å². The topological polar surface area (TPSA) is 29.5 Å². The van der Waals surface area contributed by atoms with E-state index in [2.05, 4.69) is 24.3 Å². The van der Waals surface area contributed by atoms with E-state index < -0.39 is 0 Å². The van der Waals surface area contributed by atoms with Crippen LogP contribution in [0.3, 0.4) is 0 Å². The summed E-state index contributed by atoms with van der Waals surface area (Å²) in [5.41, 5.74) is 1.73. The largest absolute Gasteiger partial charge is 0.497 e. The highest BCUT2D eigenvalue weighted by Crippen LogP contribution is 2.36. The predicted octanol–water partition coefficient (Wildman–Crippen LogP) is 5.25.